The summed E-state index contributed by atoms with van der Waals surface area (Å²) in [6, 6.07) is 4.54. The van der Waals surface area contributed by atoms with E-state index in [1.165, 1.54) is 0 Å². The number of alkyl carbamates (subject to hydrolysis) is 1. The fourth-order valence-electron chi connectivity index (χ4n) is 1.76. The topological polar surface area (TPSA) is 66.2 Å². The summed E-state index contributed by atoms with van der Waals surface area (Å²) in [7, 11) is 0. The summed E-state index contributed by atoms with van der Waals surface area (Å²) in [5, 5.41) is 6.23. The Morgan fingerprint density at radius 3 is 2.89 bits per heavy atom. The maximum atomic E-state index is 11.5. The van der Waals surface area contributed by atoms with Gasteiger partial charge in [-0.1, -0.05) is 0 Å². The molecule has 18 heavy (non-hydrogen) atoms. The van der Waals surface area contributed by atoms with Gasteiger partial charge in [0.25, 0.3) is 0 Å². The highest BCUT2D eigenvalue weighted by Gasteiger charge is 2.38. The summed E-state index contributed by atoms with van der Waals surface area (Å²) in [4.78, 5) is 14.7. The molecule has 5 heteroatoms. The van der Waals surface area contributed by atoms with Gasteiger partial charge in [-0.25, -0.2) is 4.79 Å². The summed E-state index contributed by atoms with van der Waals surface area (Å²) in [6.45, 7) is 6.38. The molecule has 1 amide bonds. The molecule has 1 aromatic rings. The normalized spacial score (nSPS) is 22.6. The van der Waals surface area contributed by atoms with E-state index >= 15 is 0 Å². The van der Waals surface area contributed by atoms with Gasteiger partial charge in [-0.2, -0.15) is 0 Å². The first-order chi connectivity index (χ1) is 8.44. The largest absolute Gasteiger partial charge is 0.444 e. The molecule has 100 valence electrons. The van der Waals surface area contributed by atoms with Crippen molar-refractivity contribution in [3.8, 4) is 0 Å². The van der Waals surface area contributed by atoms with E-state index in [2.05, 4.69) is 15.6 Å². The average Bonchev–Trinajstić information content (AvgIpc) is 2.76. The minimum Gasteiger partial charge on any atom is -0.444 e. The smallest absolute Gasteiger partial charge is 0.407 e. The van der Waals surface area contributed by atoms with Gasteiger partial charge in [0.05, 0.1) is 0 Å². The molecule has 2 unspecified atom stereocenters. The van der Waals surface area contributed by atoms with Crippen LogP contribution in [0.5, 0.6) is 0 Å². The summed E-state index contributed by atoms with van der Waals surface area (Å²) < 4.78 is 5.20. The molecule has 0 saturated heterocycles. The number of nitrogens with one attached hydrogen (secondary N) is 3. The molecule has 1 aliphatic rings. The van der Waals surface area contributed by atoms with Crippen molar-refractivity contribution >= 4 is 6.09 Å². The van der Waals surface area contributed by atoms with Gasteiger partial charge in [0.15, 0.2) is 0 Å². The van der Waals surface area contributed by atoms with E-state index < -0.39 is 5.60 Å². The van der Waals surface area contributed by atoms with Crippen molar-refractivity contribution in [3.63, 3.8) is 0 Å². The fraction of sp³-hybridized carbons (Fsp3) is 0.615. The molecule has 1 saturated carbocycles. The van der Waals surface area contributed by atoms with Crippen LogP contribution in [-0.4, -0.2) is 28.8 Å². The Labute approximate surface area is 107 Å². The van der Waals surface area contributed by atoms with Gasteiger partial charge in [-0.15, -0.1) is 0 Å². The van der Waals surface area contributed by atoms with Crippen LogP contribution in [-0.2, 0) is 11.3 Å². The number of carbonyl (C=O) groups is 1. The maximum absolute atomic E-state index is 11.5. The van der Waals surface area contributed by atoms with Crippen LogP contribution in [0.25, 0.3) is 0 Å². The number of aromatic nitrogens is 1. The summed E-state index contributed by atoms with van der Waals surface area (Å²) >= 11 is 0. The van der Waals surface area contributed by atoms with Crippen molar-refractivity contribution in [2.24, 2.45) is 0 Å². The third-order valence-corrected chi connectivity index (χ3v) is 2.71. The van der Waals surface area contributed by atoms with Gasteiger partial charge in [0, 0.05) is 30.5 Å². The van der Waals surface area contributed by atoms with E-state index in [-0.39, 0.29) is 12.1 Å². The Balaban J connectivity index is 1.64. The van der Waals surface area contributed by atoms with Crippen molar-refractivity contribution in [2.75, 3.05) is 0 Å². The van der Waals surface area contributed by atoms with Crippen molar-refractivity contribution in [1.82, 2.24) is 15.6 Å². The SMILES string of the molecule is CC(C)(C)OC(=O)NC1CC1NCc1ccc[nH]1. The molecule has 0 spiro atoms. The van der Waals surface area contributed by atoms with Crippen molar-refractivity contribution in [1.29, 1.82) is 0 Å². The Morgan fingerprint density at radius 1 is 1.50 bits per heavy atom. The molecule has 0 radical (unpaired) electrons. The molecule has 3 N–H and O–H groups in total. The molecule has 1 fully saturated rings. The predicted molar refractivity (Wildman–Crippen MR) is 69.2 cm³/mol. The summed E-state index contributed by atoms with van der Waals surface area (Å²) in [5.74, 6) is 0. The van der Waals surface area contributed by atoms with Crippen LogP contribution in [0.4, 0.5) is 4.79 Å². The zero-order valence-electron chi connectivity index (χ0n) is 11.1. The van der Waals surface area contributed by atoms with Gasteiger partial charge in [-0.05, 0) is 39.3 Å². The predicted octanol–water partition coefficient (Wildman–Crippen LogP) is 1.77. The van der Waals surface area contributed by atoms with E-state index in [9.17, 15) is 4.79 Å². The van der Waals surface area contributed by atoms with Crippen molar-refractivity contribution in [3.05, 3.63) is 24.0 Å². The van der Waals surface area contributed by atoms with Gasteiger partial charge >= 0.3 is 6.09 Å². The number of carbonyl (C=O) groups excluding carboxylic acids is 1. The summed E-state index contributed by atoms with van der Waals surface area (Å²) in [5.41, 5.74) is 0.713. The van der Waals surface area contributed by atoms with Gasteiger partial charge in [0.2, 0.25) is 0 Å². The first-order valence-electron chi connectivity index (χ1n) is 6.29. The van der Waals surface area contributed by atoms with Gasteiger partial charge in [0.1, 0.15) is 5.60 Å². The lowest BCUT2D eigenvalue weighted by atomic mass is 10.2. The number of hydrogen-bond acceptors (Lipinski definition) is 3. The molecule has 2 atom stereocenters. The highest BCUT2D eigenvalue weighted by Crippen LogP contribution is 2.22. The number of rotatable bonds is 4. The Kier molecular flexibility index (Phi) is 3.61. The van der Waals surface area contributed by atoms with E-state index in [4.69, 9.17) is 4.74 Å². The number of H-pyrrole nitrogens is 1. The molecule has 1 heterocycles. The first-order valence-corrected chi connectivity index (χ1v) is 6.29. The second kappa shape index (κ2) is 5.02. The third-order valence-electron chi connectivity index (χ3n) is 2.71. The fourth-order valence-corrected chi connectivity index (χ4v) is 1.76. The Hall–Kier alpha value is -1.49. The van der Waals surface area contributed by atoms with Crippen LogP contribution < -0.4 is 10.6 Å². The van der Waals surface area contributed by atoms with E-state index in [1.807, 2.05) is 39.1 Å². The molecule has 0 bridgehead atoms. The van der Waals surface area contributed by atoms with E-state index in [0.29, 0.717) is 6.04 Å². The quantitative estimate of drug-likeness (QED) is 0.764. The van der Waals surface area contributed by atoms with Crippen LogP contribution in [0.3, 0.4) is 0 Å². The first kappa shape index (κ1) is 13.0. The standard InChI is InChI=1S/C13H21N3O2/c1-13(2,3)18-12(17)16-11-7-10(11)15-8-9-5-4-6-14-9/h4-6,10-11,14-15H,7-8H2,1-3H3,(H,16,17). The summed E-state index contributed by atoms with van der Waals surface area (Å²) in [6.07, 6.45) is 2.52. The van der Waals surface area contributed by atoms with E-state index in [0.717, 1.165) is 18.7 Å². The Bertz CT molecular complexity index is 395. The lowest BCUT2D eigenvalue weighted by molar-refractivity contribution is 0.0522. The minimum atomic E-state index is -0.438. The van der Waals surface area contributed by atoms with Gasteiger partial charge in [-0.3, -0.25) is 0 Å². The monoisotopic (exact) mass is 251 g/mol. The lowest BCUT2D eigenvalue weighted by Gasteiger charge is -2.19. The minimum absolute atomic E-state index is 0.190. The van der Waals surface area contributed by atoms with Crippen molar-refractivity contribution < 1.29 is 9.53 Å². The maximum Gasteiger partial charge on any atom is 0.407 e. The molecule has 2 rings (SSSR count). The van der Waals surface area contributed by atoms with Crippen molar-refractivity contribution in [2.45, 2.75) is 51.4 Å². The molecule has 0 aromatic carbocycles. The second-order valence-corrected chi connectivity index (χ2v) is 5.67. The zero-order valence-corrected chi connectivity index (χ0v) is 11.1. The molecule has 1 aromatic heterocycles. The molecule has 1 aliphatic carbocycles. The second-order valence-electron chi connectivity index (χ2n) is 5.67. The number of amides is 1. The molecular formula is C13H21N3O2. The number of ether oxygens (including phenoxy) is 1. The van der Waals surface area contributed by atoms with Crippen LogP contribution in [0.15, 0.2) is 18.3 Å². The lowest BCUT2D eigenvalue weighted by Crippen LogP contribution is -2.36. The number of hydrogen-bond donors (Lipinski definition) is 3. The average molecular weight is 251 g/mol. The third kappa shape index (κ3) is 4.07. The van der Waals surface area contributed by atoms with E-state index in [1.54, 1.807) is 0 Å². The number of aromatic amines is 1. The van der Waals surface area contributed by atoms with Crippen LogP contribution in [0.1, 0.15) is 32.9 Å². The highest BCUT2D eigenvalue weighted by atomic mass is 16.6. The Morgan fingerprint density at radius 2 is 2.28 bits per heavy atom. The van der Waals surface area contributed by atoms with Gasteiger partial charge < -0.3 is 20.4 Å². The van der Waals surface area contributed by atoms with Crippen LogP contribution in [0, 0.1) is 0 Å². The van der Waals surface area contributed by atoms with Crippen LogP contribution in [0.2, 0.25) is 0 Å². The molecular weight excluding hydrogens is 230 g/mol. The molecule has 0 aliphatic heterocycles. The highest BCUT2D eigenvalue weighted by molar-refractivity contribution is 5.68. The molecule has 5 nitrogen and oxygen atoms in total. The zero-order chi connectivity index (χ0) is 13.2. The van der Waals surface area contributed by atoms with Crippen LogP contribution >= 0.6 is 0 Å².